The second kappa shape index (κ2) is 3.67. The van der Waals surface area contributed by atoms with Crippen LogP contribution < -0.4 is 0 Å². The minimum Gasteiger partial charge on any atom is -0.143 e. The van der Waals surface area contributed by atoms with E-state index in [0.717, 1.165) is 22.8 Å². The summed E-state index contributed by atoms with van der Waals surface area (Å²) in [6, 6.07) is 0. The Morgan fingerprint density at radius 1 is 1.06 bits per heavy atom. The van der Waals surface area contributed by atoms with Crippen LogP contribution in [0.3, 0.4) is 0 Å². The van der Waals surface area contributed by atoms with Gasteiger partial charge in [-0.05, 0) is 56.3 Å². The summed E-state index contributed by atoms with van der Waals surface area (Å²) in [5, 5.41) is 11.0. The highest BCUT2D eigenvalue weighted by molar-refractivity contribution is 7.11. The first kappa shape index (κ1) is 10.7. The Morgan fingerprint density at radius 3 is 2.12 bits per heavy atom. The predicted molar refractivity (Wildman–Crippen MR) is 69.3 cm³/mol. The Balaban J connectivity index is 1.72. The summed E-state index contributed by atoms with van der Waals surface area (Å²) in [6.07, 6.45) is 8.57. The predicted octanol–water partition coefficient (Wildman–Crippen LogP) is 3.74. The highest BCUT2D eigenvalue weighted by atomic mass is 35.5. The standard InChI is InChI=1S/C13H17ClN2S/c14-7-11-15-16-12(17-11)13-4-8-1-9(5-13)3-10(2-8)6-13/h8-10H,1-7H2. The summed E-state index contributed by atoms with van der Waals surface area (Å²) in [5.74, 6) is 3.45. The monoisotopic (exact) mass is 268 g/mol. The Labute approximate surface area is 111 Å². The molecule has 4 aliphatic rings. The van der Waals surface area contributed by atoms with Gasteiger partial charge in [-0.2, -0.15) is 0 Å². The number of aromatic nitrogens is 2. The molecule has 4 aliphatic carbocycles. The van der Waals surface area contributed by atoms with Crippen molar-refractivity contribution >= 4 is 22.9 Å². The second-order valence-corrected chi connectivity index (χ2v) is 7.66. The van der Waals surface area contributed by atoms with Gasteiger partial charge >= 0.3 is 0 Å². The van der Waals surface area contributed by atoms with E-state index in [0.29, 0.717) is 11.3 Å². The molecule has 0 N–H and O–H groups in total. The van der Waals surface area contributed by atoms with Gasteiger partial charge in [-0.15, -0.1) is 21.8 Å². The third-order valence-electron chi connectivity index (χ3n) is 5.07. The van der Waals surface area contributed by atoms with E-state index < -0.39 is 0 Å². The third kappa shape index (κ3) is 1.58. The smallest absolute Gasteiger partial charge is 0.132 e. The largest absolute Gasteiger partial charge is 0.143 e. The molecule has 4 fully saturated rings. The van der Waals surface area contributed by atoms with Crippen LogP contribution in [-0.2, 0) is 11.3 Å². The van der Waals surface area contributed by atoms with E-state index in [-0.39, 0.29) is 0 Å². The summed E-state index contributed by atoms with van der Waals surface area (Å²) >= 11 is 7.62. The molecule has 0 aromatic carbocycles. The first-order valence-electron chi connectivity index (χ1n) is 6.66. The maximum Gasteiger partial charge on any atom is 0.132 e. The van der Waals surface area contributed by atoms with E-state index >= 15 is 0 Å². The zero-order valence-corrected chi connectivity index (χ0v) is 11.4. The zero-order chi connectivity index (χ0) is 11.5. The first-order chi connectivity index (χ1) is 8.27. The van der Waals surface area contributed by atoms with Crippen LogP contribution in [0.5, 0.6) is 0 Å². The lowest BCUT2D eigenvalue weighted by Crippen LogP contribution is -2.48. The summed E-state index contributed by atoms with van der Waals surface area (Å²) < 4.78 is 0. The van der Waals surface area contributed by atoms with Crippen molar-refractivity contribution in [1.82, 2.24) is 10.2 Å². The number of halogens is 1. The first-order valence-corrected chi connectivity index (χ1v) is 8.01. The van der Waals surface area contributed by atoms with Crippen molar-refractivity contribution in [2.45, 2.75) is 49.8 Å². The van der Waals surface area contributed by atoms with Crippen molar-refractivity contribution < 1.29 is 0 Å². The van der Waals surface area contributed by atoms with Gasteiger partial charge in [0.25, 0.3) is 0 Å². The molecule has 5 rings (SSSR count). The molecule has 1 heterocycles. The van der Waals surface area contributed by atoms with Crippen LogP contribution in [0, 0.1) is 17.8 Å². The summed E-state index contributed by atoms with van der Waals surface area (Å²) in [6.45, 7) is 0. The van der Waals surface area contributed by atoms with Gasteiger partial charge in [0.1, 0.15) is 10.0 Å². The Hall–Kier alpha value is -0.150. The average Bonchev–Trinajstić information content (AvgIpc) is 2.76. The Morgan fingerprint density at radius 2 is 1.65 bits per heavy atom. The third-order valence-corrected chi connectivity index (χ3v) is 6.65. The molecule has 0 spiro atoms. The van der Waals surface area contributed by atoms with E-state index in [2.05, 4.69) is 10.2 Å². The van der Waals surface area contributed by atoms with Crippen LogP contribution in [0.1, 0.15) is 48.5 Å². The van der Waals surface area contributed by atoms with Gasteiger partial charge in [-0.25, -0.2) is 0 Å². The van der Waals surface area contributed by atoms with Crippen molar-refractivity contribution in [2.75, 3.05) is 0 Å². The van der Waals surface area contributed by atoms with Gasteiger partial charge in [-0.1, -0.05) is 11.3 Å². The molecule has 0 saturated heterocycles. The summed E-state index contributed by atoms with van der Waals surface area (Å²) in [5.41, 5.74) is 0.400. The number of alkyl halides is 1. The number of hydrogen-bond acceptors (Lipinski definition) is 3. The molecule has 0 atom stereocenters. The summed E-state index contributed by atoms with van der Waals surface area (Å²) in [4.78, 5) is 0. The Bertz CT molecular complexity index is 407. The van der Waals surface area contributed by atoms with Crippen LogP contribution in [0.25, 0.3) is 0 Å². The lowest BCUT2D eigenvalue weighted by molar-refractivity contribution is -0.00555. The molecule has 92 valence electrons. The molecule has 2 nitrogen and oxygen atoms in total. The highest BCUT2D eigenvalue weighted by Crippen LogP contribution is 2.60. The van der Waals surface area contributed by atoms with Gasteiger partial charge in [-0.3, -0.25) is 0 Å². The van der Waals surface area contributed by atoms with E-state index in [9.17, 15) is 0 Å². The van der Waals surface area contributed by atoms with Crippen LogP contribution >= 0.6 is 22.9 Å². The average molecular weight is 269 g/mol. The fourth-order valence-corrected chi connectivity index (χ4v) is 6.02. The minimum absolute atomic E-state index is 0.400. The minimum atomic E-state index is 0.400. The highest BCUT2D eigenvalue weighted by Gasteiger charge is 2.53. The number of hydrogen-bond donors (Lipinski definition) is 0. The van der Waals surface area contributed by atoms with Crippen molar-refractivity contribution in [1.29, 1.82) is 0 Å². The van der Waals surface area contributed by atoms with Crippen molar-refractivity contribution in [3.05, 3.63) is 10.0 Å². The van der Waals surface area contributed by atoms with Gasteiger partial charge < -0.3 is 0 Å². The van der Waals surface area contributed by atoms with Crippen LogP contribution in [0.4, 0.5) is 0 Å². The normalized spacial score (nSPS) is 43.2. The fraction of sp³-hybridized carbons (Fsp3) is 0.846. The lowest BCUT2D eigenvalue weighted by Gasteiger charge is -2.55. The number of rotatable bonds is 2. The van der Waals surface area contributed by atoms with E-state index in [4.69, 9.17) is 11.6 Å². The van der Waals surface area contributed by atoms with Crippen LogP contribution in [0.2, 0.25) is 0 Å². The molecular formula is C13H17ClN2S. The molecule has 0 amide bonds. The summed E-state index contributed by atoms with van der Waals surface area (Å²) in [7, 11) is 0. The molecule has 17 heavy (non-hydrogen) atoms. The van der Waals surface area contributed by atoms with Crippen molar-refractivity contribution in [2.24, 2.45) is 17.8 Å². The van der Waals surface area contributed by atoms with Crippen molar-refractivity contribution in [3.8, 4) is 0 Å². The quantitative estimate of drug-likeness (QED) is 0.764. The van der Waals surface area contributed by atoms with Gasteiger partial charge in [0.05, 0.1) is 5.88 Å². The zero-order valence-electron chi connectivity index (χ0n) is 9.86. The van der Waals surface area contributed by atoms with E-state index in [1.54, 1.807) is 11.3 Å². The fourth-order valence-electron chi connectivity index (χ4n) is 4.89. The van der Waals surface area contributed by atoms with Crippen LogP contribution in [-0.4, -0.2) is 10.2 Å². The molecule has 1 aromatic heterocycles. The molecule has 4 saturated carbocycles. The Kier molecular flexibility index (Phi) is 2.32. The van der Waals surface area contributed by atoms with Gasteiger partial charge in [0, 0.05) is 5.41 Å². The molecule has 0 unspecified atom stereocenters. The van der Waals surface area contributed by atoms with Gasteiger partial charge in [0.15, 0.2) is 0 Å². The number of nitrogens with zero attached hydrogens (tertiary/aromatic N) is 2. The molecule has 0 radical (unpaired) electrons. The maximum atomic E-state index is 5.86. The SMILES string of the molecule is ClCc1nnc(C23CC4CC(CC(C4)C2)C3)s1. The molecule has 4 bridgehead atoms. The molecule has 0 aliphatic heterocycles. The molecular weight excluding hydrogens is 252 g/mol. The van der Waals surface area contributed by atoms with Crippen LogP contribution in [0.15, 0.2) is 0 Å². The van der Waals surface area contributed by atoms with Gasteiger partial charge in [0.2, 0.25) is 0 Å². The van der Waals surface area contributed by atoms with E-state index in [1.807, 2.05) is 0 Å². The topological polar surface area (TPSA) is 25.8 Å². The molecule has 4 heteroatoms. The second-order valence-electron chi connectivity index (χ2n) is 6.33. The lowest BCUT2D eigenvalue weighted by atomic mass is 9.50. The molecule has 1 aromatic rings. The van der Waals surface area contributed by atoms with E-state index in [1.165, 1.54) is 43.5 Å². The van der Waals surface area contributed by atoms with Crippen molar-refractivity contribution in [3.63, 3.8) is 0 Å². The maximum absolute atomic E-state index is 5.86.